The molecule has 0 atom stereocenters. The number of rotatable bonds is 5. The molecule has 1 aromatic carbocycles. The fourth-order valence-electron chi connectivity index (χ4n) is 2.97. The van der Waals surface area contributed by atoms with Crippen molar-refractivity contribution in [3.8, 4) is 0 Å². The van der Waals surface area contributed by atoms with E-state index in [9.17, 15) is 9.90 Å². The number of nitrogens with zero attached hydrogens (tertiary/aromatic N) is 3. The van der Waals surface area contributed by atoms with Gasteiger partial charge in [-0.1, -0.05) is 47.7 Å². The summed E-state index contributed by atoms with van der Waals surface area (Å²) in [6.07, 6.45) is 3.53. The molecule has 1 fully saturated rings. The van der Waals surface area contributed by atoms with Crippen LogP contribution in [0, 0.1) is 0 Å². The third-order valence-corrected chi connectivity index (χ3v) is 4.61. The first-order valence-corrected chi connectivity index (χ1v) is 8.33. The molecule has 0 unspecified atom stereocenters. The second-order valence-electron chi connectivity index (χ2n) is 5.87. The van der Waals surface area contributed by atoms with Crippen LogP contribution in [0.25, 0.3) is 0 Å². The average molecular weight is 317 g/mol. The molecule has 0 bridgehead atoms. The number of benzene rings is 1. The molecule has 3 rings (SSSR count). The molecule has 2 aromatic rings. The monoisotopic (exact) mass is 317 g/mol. The molecule has 1 N–H and O–H groups in total. The van der Waals surface area contributed by atoms with Crippen molar-refractivity contribution < 1.29 is 9.90 Å². The second-order valence-corrected chi connectivity index (χ2v) is 6.48. The largest absolute Gasteiger partial charge is 0.388 e. The van der Waals surface area contributed by atoms with Crippen molar-refractivity contribution in [2.75, 3.05) is 6.54 Å². The number of amides is 1. The van der Waals surface area contributed by atoms with E-state index in [1.807, 2.05) is 30.3 Å². The van der Waals surface area contributed by atoms with E-state index in [-0.39, 0.29) is 5.91 Å². The van der Waals surface area contributed by atoms with E-state index >= 15 is 0 Å². The highest BCUT2D eigenvalue weighted by Crippen LogP contribution is 2.31. The van der Waals surface area contributed by atoms with Crippen LogP contribution in [0.5, 0.6) is 0 Å². The minimum absolute atomic E-state index is 0.169. The minimum atomic E-state index is -0.770. The van der Waals surface area contributed by atoms with E-state index in [1.165, 1.54) is 0 Å². The van der Waals surface area contributed by atoms with Crippen LogP contribution in [0.3, 0.4) is 0 Å². The highest BCUT2D eigenvalue weighted by Gasteiger charge is 2.35. The van der Waals surface area contributed by atoms with Crippen LogP contribution in [0.4, 0.5) is 0 Å². The summed E-state index contributed by atoms with van der Waals surface area (Å²) in [7, 11) is 0. The Morgan fingerprint density at radius 1 is 1.27 bits per heavy atom. The maximum absolute atomic E-state index is 12.7. The Labute approximate surface area is 133 Å². The molecule has 0 radical (unpaired) electrons. The minimum Gasteiger partial charge on any atom is -0.388 e. The molecule has 116 valence electrons. The van der Waals surface area contributed by atoms with Gasteiger partial charge in [-0.05, 0) is 29.9 Å². The highest BCUT2D eigenvalue weighted by atomic mass is 32.1. The van der Waals surface area contributed by atoms with Crippen molar-refractivity contribution in [3.63, 3.8) is 0 Å². The Morgan fingerprint density at radius 2 is 2.00 bits per heavy atom. The molecule has 22 heavy (non-hydrogen) atoms. The van der Waals surface area contributed by atoms with Crippen LogP contribution < -0.4 is 0 Å². The molecule has 1 amide bonds. The van der Waals surface area contributed by atoms with Gasteiger partial charge in [0, 0.05) is 11.9 Å². The van der Waals surface area contributed by atoms with Crippen molar-refractivity contribution in [1.29, 1.82) is 0 Å². The average Bonchev–Trinajstić information content (AvgIpc) is 3.19. The Kier molecular flexibility index (Phi) is 4.49. The van der Waals surface area contributed by atoms with E-state index in [0.29, 0.717) is 18.8 Å². The van der Waals surface area contributed by atoms with Gasteiger partial charge in [-0.2, -0.15) is 0 Å². The lowest BCUT2D eigenvalue weighted by atomic mass is 10.0. The maximum atomic E-state index is 12.7. The zero-order valence-corrected chi connectivity index (χ0v) is 13.1. The Bertz CT molecular complexity index is 610. The molecular weight excluding hydrogens is 298 g/mol. The summed E-state index contributed by atoms with van der Waals surface area (Å²) in [6.45, 7) is 0.817. The second kappa shape index (κ2) is 6.54. The molecule has 1 heterocycles. The topological polar surface area (TPSA) is 66.3 Å². The van der Waals surface area contributed by atoms with Crippen LogP contribution in [0.15, 0.2) is 35.7 Å². The van der Waals surface area contributed by atoms with Crippen molar-refractivity contribution in [2.45, 2.75) is 37.8 Å². The van der Waals surface area contributed by atoms with Gasteiger partial charge in [-0.3, -0.25) is 4.79 Å². The third-order valence-electron chi connectivity index (χ3n) is 4.10. The number of aromatic nitrogens is 2. The summed E-state index contributed by atoms with van der Waals surface area (Å²) in [6, 6.07) is 9.82. The molecule has 1 saturated carbocycles. The van der Waals surface area contributed by atoms with Crippen LogP contribution >= 0.6 is 11.5 Å². The first-order chi connectivity index (χ1) is 10.7. The maximum Gasteiger partial charge on any atom is 0.275 e. The van der Waals surface area contributed by atoms with Crippen molar-refractivity contribution >= 4 is 17.4 Å². The van der Waals surface area contributed by atoms with Gasteiger partial charge in [-0.15, -0.1) is 5.10 Å². The molecular formula is C16H19N3O2S. The van der Waals surface area contributed by atoms with Crippen LogP contribution in [0.2, 0.25) is 0 Å². The molecule has 0 aliphatic heterocycles. The first-order valence-electron chi connectivity index (χ1n) is 7.49. The normalized spacial score (nSPS) is 16.6. The zero-order valence-electron chi connectivity index (χ0n) is 12.3. The fraction of sp³-hybridized carbons (Fsp3) is 0.438. The lowest BCUT2D eigenvalue weighted by molar-refractivity contribution is 0.00764. The molecule has 1 aliphatic rings. The third kappa shape index (κ3) is 3.51. The van der Waals surface area contributed by atoms with Gasteiger partial charge in [0.2, 0.25) is 0 Å². The van der Waals surface area contributed by atoms with Crippen molar-refractivity contribution in [3.05, 3.63) is 47.0 Å². The van der Waals surface area contributed by atoms with Crippen molar-refractivity contribution in [1.82, 2.24) is 14.5 Å². The molecule has 1 aliphatic carbocycles. The number of hydrogen-bond donors (Lipinski definition) is 1. The van der Waals surface area contributed by atoms with Crippen molar-refractivity contribution in [2.24, 2.45) is 0 Å². The standard InChI is InChI=1S/C16H19N3O2S/c20-15(14-11-22-18-17-14)19(10-13-6-2-1-3-7-13)12-16(21)8-4-5-9-16/h1-3,6-7,11,21H,4-5,8-10,12H2. The predicted octanol–water partition coefficient (Wildman–Crippen LogP) is 2.49. The number of carbonyl (C=O) groups is 1. The summed E-state index contributed by atoms with van der Waals surface area (Å²) in [5, 5.41) is 16.2. The fourth-order valence-corrected chi connectivity index (χ4v) is 3.40. The number of carbonyl (C=O) groups excluding carboxylic acids is 1. The lowest BCUT2D eigenvalue weighted by Crippen LogP contribution is -2.44. The van der Waals surface area contributed by atoms with Crippen LogP contribution in [0.1, 0.15) is 41.7 Å². The smallest absolute Gasteiger partial charge is 0.275 e. The van der Waals surface area contributed by atoms with E-state index < -0.39 is 5.60 Å². The number of aliphatic hydroxyl groups is 1. The van der Waals surface area contributed by atoms with E-state index in [4.69, 9.17) is 0 Å². The summed E-state index contributed by atoms with van der Waals surface area (Å²) in [5.41, 5.74) is 0.622. The van der Waals surface area contributed by atoms with Gasteiger partial charge in [0.05, 0.1) is 12.1 Å². The molecule has 1 aromatic heterocycles. The van der Waals surface area contributed by atoms with Gasteiger partial charge in [0.25, 0.3) is 5.91 Å². The highest BCUT2D eigenvalue weighted by molar-refractivity contribution is 7.03. The van der Waals surface area contributed by atoms with E-state index in [1.54, 1.807) is 10.3 Å². The molecule has 0 saturated heterocycles. The van der Waals surface area contributed by atoms with E-state index in [2.05, 4.69) is 9.59 Å². The van der Waals surface area contributed by atoms with Gasteiger partial charge < -0.3 is 10.0 Å². The number of hydrogen-bond acceptors (Lipinski definition) is 5. The predicted molar refractivity (Wildman–Crippen MR) is 84.5 cm³/mol. The Hall–Kier alpha value is -1.79. The van der Waals surface area contributed by atoms with Gasteiger partial charge in [-0.25, -0.2) is 0 Å². The van der Waals surface area contributed by atoms with Gasteiger partial charge in [0.1, 0.15) is 0 Å². The Balaban J connectivity index is 1.80. The van der Waals surface area contributed by atoms with Gasteiger partial charge in [0.15, 0.2) is 5.69 Å². The SMILES string of the molecule is O=C(c1csnn1)N(Cc1ccccc1)CC1(O)CCCC1. The molecule has 5 nitrogen and oxygen atoms in total. The quantitative estimate of drug-likeness (QED) is 0.920. The first kappa shape index (κ1) is 15.1. The summed E-state index contributed by atoms with van der Waals surface area (Å²) in [5.74, 6) is -0.169. The summed E-state index contributed by atoms with van der Waals surface area (Å²) in [4.78, 5) is 14.4. The zero-order chi connectivity index (χ0) is 15.4. The van der Waals surface area contributed by atoms with Gasteiger partial charge >= 0.3 is 0 Å². The Morgan fingerprint density at radius 3 is 2.64 bits per heavy atom. The van der Waals surface area contributed by atoms with Crippen LogP contribution in [-0.2, 0) is 6.54 Å². The molecule has 0 spiro atoms. The summed E-state index contributed by atoms with van der Waals surface area (Å²) < 4.78 is 3.76. The van der Waals surface area contributed by atoms with Crippen LogP contribution in [-0.4, -0.2) is 37.6 Å². The lowest BCUT2D eigenvalue weighted by Gasteiger charge is -2.31. The summed E-state index contributed by atoms with van der Waals surface area (Å²) >= 11 is 1.16. The van der Waals surface area contributed by atoms with E-state index in [0.717, 1.165) is 42.8 Å². The molecule has 6 heteroatoms.